The van der Waals surface area contributed by atoms with Gasteiger partial charge < -0.3 is 20.7 Å². The van der Waals surface area contributed by atoms with Crippen LogP contribution in [0.2, 0.25) is 5.02 Å². The third kappa shape index (κ3) is 3.65. The number of carbonyl (C=O) groups is 4. The SMILES string of the molecule is CCOC(=O)C1=C(CN2C(=O)N[C@](C)(c3ccccc3Cl)C2=O)NC(=O)N[C@@H]1C. The number of ether oxygens (including phenoxy) is 1. The minimum atomic E-state index is -1.37. The number of esters is 1. The molecule has 0 spiro atoms. The molecular weight excluding hydrogens is 400 g/mol. The largest absolute Gasteiger partial charge is 0.463 e. The van der Waals surface area contributed by atoms with Crippen molar-refractivity contribution in [3.63, 3.8) is 0 Å². The van der Waals surface area contributed by atoms with Crippen LogP contribution in [0.3, 0.4) is 0 Å². The van der Waals surface area contributed by atoms with Gasteiger partial charge in [0.05, 0.1) is 30.5 Å². The number of urea groups is 2. The summed E-state index contributed by atoms with van der Waals surface area (Å²) in [5.74, 6) is -1.19. The van der Waals surface area contributed by atoms with Gasteiger partial charge in [0.25, 0.3) is 5.91 Å². The Labute approximate surface area is 172 Å². The lowest BCUT2D eigenvalue weighted by Crippen LogP contribution is -2.52. The highest BCUT2D eigenvalue weighted by atomic mass is 35.5. The van der Waals surface area contributed by atoms with E-state index in [-0.39, 0.29) is 24.4 Å². The maximum atomic E-state index is 13.1. The van der Waals surface area contributed by atoms with Crippen molar-refractivity contribution in [1.29, 1.82) is 0 Å². The van der Waals surface area contributed by atoms with Crippen LogP contribution in [0.5, 0.6) is 0 Å². The van der Waals surface area contributed by atoms with Crippen LogP contribution >= 0.6 is 11.6 Å². The zero-order valence-corrected chi connectivity index (χ0v) is 16.9. The Kier molecular flexibility index (Phi) is 5.52. The van der Waals surface area contributed by atoms with Gasteiger partial charge >= 0.3 is 18.0 Å². The Morgan fingerprint density at radius 2 is 1.97 bits per heavy atom. The highest BCUT2D eigenvalue weighted by Gasteiger charge is 2.50. The summed E-state index contributed by atoms with van der Waals surface area (Å²) in [6.07, 6.45) is 0. The molecule has 3 rings (SSSR count). The molecule has 0 unspecified atom stereocenters. The molecule has 2 aliphatic heterocycles. The Morgan fingerprint density at radius 1 is 1.28 bits per heavy atom. The van der Waals surface area contributed by atoms with Crippen molar-refractivity contribution in [2.45, 2.75) is 32.4 Å². The van der Waals surface area contributed by atoms with E-state index in [1.165, 1.54) is 0 Å². The molecule has 154 valence electrons. The summed E-state index contributed by atoms with van der Waals surface area (Å²) in [7, 11) is 0. The van der Waals surface area contributed by atoms with Crippen LogP contribution in [0.25, 0.3) is 0 Å². The van der Waals surface area contributed by atoms with Gasteiger partial charge in [0.1, 0.15) is 5.54 Å². The molecule has 0 bridgehead atoms. The fourth-order valence-corrected chi connectivity index (χ4v) is 3.78. The van der Waals surface area contributed by atoms with Crippen LogP contribution in [-0.4, -0.2) is 48.0 Å². The normalized spacial score (nSPS) is 24.2. The molecule has 0 aromatic heterocycles. The molecule has 5 amide bonds. The van der Waals surface area contributed by atoms with Crippen LogP contribution in [0.1, 0.15) is 26.3 Å². The molecule has 2 atom stereocenters. The first-order valence-electron chi connectivity index (χ1n) is 9.05. The summed E-state index contributed by atoms with van der Waals surface area (Å²) in [5, 5.41) is 8.07. The first-order chi connectivity index (χ1) is 13.7. The van der Waals surface area contributed by atoms with E-state index in [4.69, 9.17) is 16.3 Å². The minimum absolute atomic E-state index is 0.131. The molecule has 10 heteroatoms. The highest BCUT2D eigenvalue weighted by Crippen LogP contribution is 2.34. The molecule has 2 heterocycles. The van der Waals surface area contributed by atoms with Gasteiger partial charge in [-0.3, -0.25) is 9.69 Å². The Bertz CT molecular complexity index is 931. The first-order valence-corrected chi connectivity index (χ1v) is 9.43. The van der Waals surface area contributed by atoms with Crippen LogP contribution < -0.4 is 16.0 Å². The smallest absolute Gasteiger partial charge is 0.337 e. The van der Waals surface area contributed by atoms with Gasteiger partial charge in [0.2, 0.25) is 0 Å². The third-order valence-electron chi connectivity index (χ3n) is 4.87. The lowest BCUT2D eigenvalue weighted by Gasteiger charge is -2.28. The summed E-state index contributed by atoms with van der Waals surface area (Å²) in [4.78, 5) is 51.0. The molecule has 29 heavy (non-hydrogen) atoms. The van der Waals surface area contributed by atoms with Gasteiger partial charge in [-0.1, -0.05) is 29.8 Å². The number of nitrogens with one attached hydrogen (secondary N) is 3. The van der Waals surface area contributed by atoms with Crippen molar-refractivity contribution in [3.8, 4) is 0 Å². The average Bonchev–Trinajstić information content (AvgIpc) is 2.85. The summed E-state index contributed by atoms with van der Waals surface area (Å²) >= 11 is 6.23. The van der Waals surface area contributed by atoms with Gasteiger partial charge in [-0.25, -0.2) is 14.4 Å². The van der Waals surface area contributed by atoms with Crippen molar-refractivity contribution < 1.29 is 23.9 Å². The maximum Gasteiger partial charge on any atom is 0.337 e. The van der Waals surface area contributed by atoms with Gasteiger partial charge in [-0.05, 0) is 26.8 Å². The number of rotatable bonds is 5. The fraction of sp³-hybridized carbons (Fsp3) is 0.368. The quantitative estimate of drug-likeness (QED) is 0.494. The number of hydrogen-bond donors (Lipinski definition) is 3. The predicted molar refractivity (Wildman–Crippen MR) is 104 cm³/mol. The Hall–Kier alpha value is -3.07. The maximum absolute atomic E-state index is 13.1. The number of halogens is 1. The monoisotopic (exact) mass is 420 g/mol. The lowest BCUT2D eigenvalue weighted by molar-refractivity contribution is -0.139. The summed E-state index contributed by atoms with van der Waals surface area (Å²) in [6, 6.07) is 4.87. The summed E-state index contributed by atoms with van der Waals surface area (Å²) < 4.78 is 5.05. The molecule has 1 aromatic rings. The second kappa shape index (κ2) is 7.75. The second-order valence-electron chi connectivity index (χ2n) is 6.86. The van der Waals surface area contributed by atoms with Crippen LogP contribution in [0, 0.1) is 0 Å². The number of amides is 5. The predicted octanol–water partition coefficient (Wildman–Crippen LogP) is 1.63. The molecule has 1 fully saturated rings. The third-order valence-corrected chi connectivity index (χ3v) is 5.20. The van der Waals surface area contributed by atoms with Crippen molar-refractivity contribution >= 4 is 35.5 Å². The number of hydrogen-bond acceptors (Lipinski definition) is 5. The number of carbonyl (C=O) groups excluding carboxylic acids is 4. The molecule has 1 saturated heterocycles. The van der Waals surface area contributed by atoms with E-state index in [1.807, 2.05) is 0 Å². The number of imide groups is 1. The van der Waals surface area contributed by atoms with E-state index in [0.717, 1.165) is 4.90 Å². The Morgan fingerprint density at radius 3 is 2.62 bits per heavy atom. The van der Waals surface area contributed by atoms with E-state index in [0.29, 0.717) is 10.6 Å². The summed E-state index contributed by atoms with van der Waals surface area (Å²) in [5.41, 5.74) is -0.641. The van der Waals surface area contributed by atoms with Crippen molar-refractivity contribution in [3.05, 3.63) is 46.1 Å². The molecule has 3 N–H and O–H groups in total. The number of benzene rings is 1. The molecule has 1 aromatic carbocycles. The van der Waals surface area contributed by atoms with Crippen LogP contribution in [0.4, 0.5) is 9.59 Å². The van der Waals surface area contributed by atoms with Crippen molar-refractivity contribution in [2.24, 2.45) is 0 Å². The number of nitrogens with zero attached hydrogens (tertiary/aromatic N) is 1. The van der Waals surface area contributed by atoms with Crippen molar-refractivity contribution in [2.75, 3.05) is 13.2 Å². The van der Waals surface area contributed by atoms with E-state index >= 15 is 0 Å². The highest BCUT2D eigenvalue weighted by molar-refractivity contribution is 6.32. The molecule has 0 saturated carbocycles. The minimum Gasteiger partial charge on any atom is -0.463 e. The van der Waals surface area contributed by atoms with Crippen molar-refractivity contribution in [1.82, 2.24) is 20.9 Å². The van der Waals surface area contributed by atoms with E-state index in [9.17, 15) is 19.2 Å². The van der Waals surface area contributed by atoms with E-state index in [1.54, 1.807) is 45.0 Å². The fourth-order valence-electron chi connectivity index (χ4n) is 3.45. The molecular formula is C19H21ClN4O5. The van der Waals surface area contributed by atoms with E-state index < -0.39 is 35.5 Å². The average molecular weight is 421 g/mol. The van der Waals surface area contributed by atoms with Gasteiger partial charge in [-0.2, -0.15) is 0 Å². The summed E-state index contributed by atoms with van der Waals surface area (Å²) in [6.45, 7) is 4.67. The standard InChI is InChI=1S/C19H21ClN4O5/c1-4-29-15(25)14-10(2)21-17(27)22-13(14)9-24-16(26)19(3,23-18(24)28)11-7-5-6-8-12(11)20/h5-8,10H,4,9H2,1-3H3,(H,23,28)(H2,21,22,27)/t10-,19-/m1/s1. The zero-order chi connectivity index (χ0) is 21.3. The first kappa shape index (κ1) is 20.7. The van der Waals surface area contributed by atoms with Crippen LogP contribution in [0.15, 0.2) is 35.5 Å². The molecule has 9 nitrogen and oxygen atoms in total. The van der Waals surface area contributed by atoms with Gasteiger partial charge in [0, 0.05) is 10.6 Å². The topological polar surface area (TPSA) is 117 Å². The second-order valence-corrected chi connectivity index (χ2v) is 7.27. The lowest BCUT2D eigenvalue weighted by atomic mass is 9.92. The van der Waals surface area contributed by atoms with Crippen LogP contribution in [-0.2, 0) is 19.9 Å². The van der Waals surface area contributed by atoms with E-state index in [2.05, 4.69) is 16.0 Å². The molecule has 0 radical (unpaired) electrons. The van der Waals surface area contributed by atoms with Gasteiger partial charge in [0.15, 0.2) is 0 Å². The Balaban J connectivity index is 1.96. The molecule has 0 aliphatic carbocycles. The van der Waals surface area contributed by atoms with Gasteiger partial charge in [-0.15, -0.1) is 0 Å². The zero-order valence-electron chi connectivity index (χ0n) is 16.2. The molecule has 2 aliphatic rings.